The van der Waals surface area contributed by atoms with E-state index in [1.165, 1.54) is 23.9 Å². The number of ketones is 1. The Hall–Kier alpha value is -1.81. The fourth-order valence-electron chi connectivity index (χ4n) is 1.75. The molecule has 0 aliphatic heterocycles. The van der Waals surface area contributed by atoms with E-state index in [1.54, 1.807) is 36.4 Å². The van der Waals surface area contributed by atoms with E-state index < -0.39 is 0 Å². The molecular formula is C17H17FO2S. The van der Waals surface area contributed by atoms with Crippen molar-refractivity contribution < 1.29 is 13.9 Å². The van der Waals surface area contributed by atoms with Gasteiger partial charge in [-0.05, 0) is 48.9 Å². The molecule has 0 atom stereocenters. The van der Waals surface area contributed by atoms with E-state index in [1.807, 2.05) is 6.92 Å². The molecule has 2 aromatic rings. The highest BCUT2D eigenvalue weighted by molar-refractivity contribution is 8.00. The van der Waals surface area contributed by atoms with Crippen LogP contribution in [0, 0.1) is 5.82 Å². The lowest BCUT2D eigenvalue weighted by molar-refractivity contribution is 0.102. The van der Waals surface area contributed by atoms with Gasteiger partial charge in [-0.15, -0.1) is 11.8 Å². The molecule has 0 radical (unpaired) electrons. The summed E-state index contributed by atoms with van der Waals surface area (Å²) in [6.07, 6.45) is 0.949. The van der Waals surface area contributed by atoms with Gasteiger partial charge >= 0.3 is 0 Å². The van der Waals surface area contributed by atoms with E-state index in [4.69, 9.17) is 4.74 Å². The van der Waals surface area contributed by atoms with Gasteiger partial charge in [-0.2, -0.15) is 0 Å². The molecule has 110 valence electrons. The first-order chi connectivity index (χ1) is 10.2. The van der Waals surface area contributed by atoms with Crippen molar-refractivity contribution in [3.8, 4) is 5.75 Å². The Morgan fingerprint density at radius 1 is 1.19 bits per heavy atom. The Kier molecular flexibility index (Phi) is 5.81. The van der Waals surface area contributed by atoms with Crippen molar-refractivity contribution in [2.24, 2.45) is 0 Å². The normalized spacial score (nSPS) is 10.4. The minimum Gasteiger partial charge on any atom is -0.494 e. The van der Waals surface area contributed by atoms with Crippen molar-refractivity contribution in [3.05, 3.63) is 59.9 Å². The average molecular weight is 304 g/mol. The maximum Gasteiger partial charge on any atom is 0.173 e. The summed E-state index contributed by atoms with van der Waals surface area (Å²) < 4.78 is 18.5. The number of Topliss-reactive ketones (excluding diaryl/α,β-unsaturated/α-hetero) is 1. The van der Waals surface area contributed by atoms with E-state index in [0.717, 1.165) is 17.1 Å². The van der Waals surface area contributed by atoms with Gasteiger partial charge in [0.15, 0.2) is 5.78 Å². The monoisotopic (exact) mass is 304 g/mol. The fourth-order valence-corrected chi connectivity index (χ4v) is 2.58. The smallest absolute Gasteiger partial charge is 0.173 e. The van der Waals surface area contributed by atoms with Crippen molar-refractivity contribution in [2.75, 3.05) is 12.4 Å². The van der Waals surface area contributed by atoms with Gasteiger partial charge in [0.05, 0.1) is 12.4 Å². The first-order valence-electron chi connectivity index (χ1n) is 6.83. The Morgan fingerprint density at radius 2 is 1.95 bits per heavy atom. The molecule has 0 heterocycles. The second-order valence-electron chi connectivity index (χ2n) is 4.54. The zero-order valence-electron chi connectivity index (χ0n) is 11.8. The number of carbonyl (C=O) groups is 1. The van der Waals surface area contributed by atoms with Crippen molar-refractivity contribution in [2.45, 2.75) is 18.2 Å². The topological polar surface area (TPSA) is 26.3 Å². The van der Waals surface area contributed by atoms with Gasteiger partial charge in [0, 0.05) is 10.5 Å². The van der Waals surface area contributed by atoms with E-state index >= 15 is 0 Å². The van der Waals surface area contributed by atoms with Crippen LogP contribution < -0.4 is 4.74 Å². The molecule has 2 nitrogen and oxygen atoms in total. The van der Waals surface area contributed by atoms with Crippen LogP contribution in [-0.4, -0.2) is 18.1 Å². The second kappa shape index (κ2) is 7.84. The Balaban J connectivity index is 1.91. The maximum absolute atomic E-state index is 13.0. The number of hydrogen-bond acceptors (Lipinski definition) is 3. The largest absolute Gasteiger partial charge is 0.494 e. The molecule has 0 unspecified atom stereocenters. The first-order valence-corrected chi connectivity index (χ1v) is 7.82. The summed E-state index contributed by atoms with van der Waals surface area (Å²) in [6.45, 7) is 2.71. The predicted octanol–water partition coefficient (Wildman–Crippen LogP) is 4.59. The zero-order chi connectivity index (χ0) is 15.1. The average Bonchev–Trinajstić information content (AvgIpc) is 2.51. The molecule has 0 aliphatic rings. The third-order valence-corrected chi connectivity index (χ3v) is 3.81. The fraction of sp³-hybridized carbons (Fsp3) is 0.235. The second-order valence-corrected chi connectivity index (χ2v) is 5.59. The summed E-state index contributed by atoms with van der Waals surface area (Å²) in [4.78, 5) is 12.8. The van der Waals surface area contributed by atoms with Crippen molar-refractivity contribution in [1.29, 1.82) is 0 Å². The molecule has 0 fully saturated rings. The number of halogens is 1. The molecular weight excluding hydrogens is 287 g/mol. The number of hydrogen-bond donors (Lipinski definition) is 0. The molecule has 4 heteroatoms. The van der Waals surface area contributed by atoms with Crippen LogP contribution >= 0.6 is 11.8 Å². The van der Waals surface area contributed by atoms with Crippen LogP contribution in [0.1, 0.15) is 23.7 Å². The molecule has 0 aliphatic carbocycles. The molecule has 2 aromatic carbocycles. The number of carbonyl (C=O) groups excluding carboxylic acids is 1. The van der Waals surface area contributed by atoms with Crippen LogP contribution in [-0.2, 0) is 0 Å². The maximum atomic E-state index is 13.0. The summed E-state index contributed by atoms with van der Waals surface area (Å²) in [5, 5.41) is 0. The molecule has 0 aromatic heterocycles. The highest BCUT2D eigenvalue weighted by atomic mass is 32.2. The summed E-state index contributed by atoms with van der Waals surface area (Å²) in [5.74, 6) is 0.792. The van der Waals surface area contributed by atoms with Gasteiger partial charge in [0.1, 0.15) is 11.6 Å². The summed E-state index contributed by atoms with van der Waals surface area (Å²) in [5.41, 5.74) is 0.641. The number of thioether (sulfide) groups is 1. The minimum atomic E-state index is -0.287. The highest BCUT2D eigenvalue weighted by Gasteiger charge is 2.07. The lowest BCUT2D eigenvalue weighted by atomic mass is 10.1. The minimum absolute atomic E-state index is 0.0197. The first kappa shape index (κ1) is 15.6. The molecule has 0 amide bonds. The summed E-state index contributed by atoms with van der Waals surface area (Å²) in [6, 6.07) is 13.4. The van der Waals surface area contributed by atoms with E-state index in [9.17, 15) is 9.18 Å². The molecule has 0 saturated heterocycles. The van der Waals surface area contributed by atoms with E-state index in [2.05, 4.69) is 0 Å². The molecule has 0 saturated carbocycles. The van der Waals surface area contributed by atoms with Gasteiger partial charge in [-0.3, -0.25) is 4.79 Å². The van der Waals surface area contributed by atoms with Gasteiger partial charge in [-0.1, -0.05) is 13.0 Å². The Morgan fingerprint density at radius 3 is 2.62 bits per heavy atom. The van der Waals surface area contributed by atoms with Gasteiger partial charge < -0.3 is 4.74 Å². The van der Waals surface area contributed by atoms with Crippen molar-refractivity contribution >= 4 is 17.5 Å². The third kappa shape index (κ3) is 4.90. The molecule has 0 spiro atoms. The van der Waals surface area contributed by atoms with E-state index in [-0.39, 0.29) is 11.6 Å². The SMILES string of the molecule is CCCOc1ccc(C(=O)CSc2cccc(F)c2)cc1. The van der Waals surface area contributed by atoms with Gasteiger partial charge in [-0.25, -0.2) is 4.39 Å². The van der Waals surface area contributed by atoms with Crippen LogP contribution in [0.3, 0.4) is 0 Å². The summed E-state index contributed by atoms with van der Waals surface area (Å²) >= 11 is 1.33. The standard InChI is InChI=1S/C17H17FO2S/c1-2-10-20-15-8-6-13(7-9-15)17(19)12-21-16-5-3-4-14(18)11-16/h3-9,11H,2,10,12H2,1H3. The van der Waals surface area contributed by atoms with Crippen LogP contribution in [0.5, 0.6) is 5.75 Å². The third-order valence-electron chi connectivity index (χ3n) is 2.82. The van der Waals surface area contributed by atoms with Crippen LogP contribution in [0.2, 0.25) is 0 Å². The van der Waals surface area contributed by atoms with Gasteiger partial charge in [0.2, 0.25) is 0 Å². The van der Waals surface area contributed by atoms with Crippen molar-refractivity contribution in [1.82, 2.24) is 0 Å². The number of rotatable bonds is 7. The highest BCUT2D eigenvalue weighted by Crippen LogP contribution is 2.21. The van der Waals surface area contributed by atoms with Crippen LogP contribution in [0.15, 0.2) is 53.4 Å². The molecule has 0 bridgehead atoms. The zero-order valence-corrected chi connectivity index (χ0v) is 12.7. The van der Waals surface area contributed by atoms with Crippen molar-refractivity contribution in [3.63, 3.8) is 0 Å². The number of benzene rings is 2. The lowest BCUT2D eigenvalue weighted by Crippen LogP contribution is -2.02. The predicted molar refractivity (Wildman–Crippen MR) is 83.7 cm³/mol. The lowest BCUT2D eigenvalue weighted by Gasteiger charge is -2.06. The van der Waals surface area contributed by atoms with Crippen LogP contribution in [0.25, 0.3) is 0 Å². The quantitative estimate of drug-likeness (QED) is 0.553. The summed E-state index contributed by atoms with van der Waals surface area (Å²) in [7, 11) is 0. The Bertz CT molecular complexity index is 596. The van der Waals surface area contributed by atoms with Gasteiger partial charge in [0.25, 0.3) is 0 Å². The molecule has 0 N–H and O–H groups in total. The van der Waals surface area contributed by atoms with E-state index in [0.29, 0.717) is 17.9 Å². The number of ether oxygens (including phenoxy) is 1. The molecule has 2 rings (SSSR count). The van der Waals surface area contributed by atoms with Crippen LogP contribution in [0.4, 0.5) is 4.39 Å². The molecule has 21 heavy (non-hydrogen) atoms. The Labute approximate surface area is 128 Å².